The van der Waals surface area contributed by atoms with Gasteiger partial charge in [-0.25, -0.2) is 4.79 Å². The van der Waals surface area contributed by atoms with Crippen LogP contribution in [0.3, 0.4) is 0 Å². The summed E-state index contributed by atoms with van der Waals surface area (Å²) < 4.78 is 0. The van der Waals surface area contributed by atoms with E-state index in [1.54, 1.807) is 6.92 Å². The van der Waals surface area contributed by atoms with Crippen molar-refractivity contribution in [3.63, 3.8) is 0 Å². The Bertz CT molecular complexity index is 483. The number of hydrogen-bond donors (Lipinski definition) is 3. The van der Waals surface area contributed by atoms with Crippen LogP contribution in [0.5, 0.6) is 0 Å². The van der Waals surface area contributed by atoms with Crippen molar-refractivity contribution in [2.45, 2.75) is 33.2 Å². The van der Waals surface area contributed by atoms with Crippen molar-refractivity contribution in [3.8, 4) is 0 Å². The third kappa shape index (κ3) is 3.00. The molecule has 0 aliphatic heterocycles. The van der Waals surface area contributed by atoms with Gasteiger partial charge in [-0.15, -0.1) is 0 Å². The van der Waals surface area contributed by atoms with Crippen molar-refractivity contribution in [1.29, 1.82) is 0 Å². The number of rotatable bonds is 5. The van der Waals surface area contributed by atoms with Gasteiger partial charge >= 0.3 is 5.97 Å². The molecule has 98 valence electrons. The fourth-order valence-corrected chi connectivity index (χ4v) is 1.63. The van der Waals surface area contributed by atoms with Gasteiger partial charge in [0.1, 0.15) is 0 Å². The Kier molecular flexibility index (Phi) is 4.31. The highest BCUT2D eigenvalue weighted by Gasteiger charge is 2.16. The van der Waals surface area contributed by atoms with Crippen molar-refractivity contribution >= 4 is 17.6 Å². The summed E-state index contributed by atoms with van der Waals surface area (Å²) in [6, 6.07) is 3.10. The molecule has 1 amide bonds. The van der Waals surface area contributed by atoms with E-state index < -0.39 is 11.9 Å². The van der Waals surface area contributed by atoms with E-state index in [2.05, 4.69) is 5.32 Å². The number of nitrogens with one attached hydrogen (secondary N) is 1. The molecule has 0 saturated heterocycles. The molecule has 1 aromatic carbocycles. The molecule has 18 heavy (non-hydrogen) atoms. The Hall–Kier alpha value is -2.04. The number of benzene rings is 1. The third-order valence-electron chi connectivity index (χ3n) is 2.87. The van der Waals surface area contributed by atoms with Crippen molar-refractivity contribution in [2.24, 2.45) is 5.73 Å². The molecule has 5 heteroatoms. The number of carbonyl (C=O) groups excluding carboxylic acids is 1. The van der Waals surface area contributed by atoms with Gasteiger partial charge in [0.15, 0.2) is 0 Å². The number of primary amides is 1. The quantitative estimate of drug-likeness (QED) is 0.745. The van der Waals surface area contributed by atoms with Crippen molar-refractivity contribution < 1.29 is 14.7 Å². The van der Waals surface area contributed by atoms with E-state index in [1.165, 1.54) is 12.1 Å². The first kappa shape index (κ1) is 14.0. The Morgan fingerprint density at radius 2 is 2.00 bits per heavy atom. The Morgan fingerprint density at radius 3 is 2.44 bits per heavy atom. The molecule has 0 fully saturated rings. The summed E-state index contributed by atoms with van der Waals surface area (Å²) in [6.45, 7) is 5.59. The zero-order chi connectivity index (χ0) is 13.9. The maximum Gasteiger partial charge on any atom is 0.336 e. The van der Waals surface area contributed by atoms with Gasteiger partial charge in [0.05, 0.1) is 11.1 Å². The molecule has 0 spiro atoms. The number of aromatic carboxylic acids is 1. The molecular formula is C13H18N2O3. The standard InChI is InChI=1S/C13H18N2O3/c1-4-8(3)15-11-6-9(13(17)18)7(2)5-10(11)12(14)16/h5-6,8,15H,4H2,1-3H3,(H2,14,16)(H,17,18)/t8-/m0/s1. The fraction of sp³-hybridized carbons (Fsp3) is 0.385. The first-order chi connectivity index (χ1) is 8.36. The smallest absolute Gasteiger partial charge is 0.336 e. The van der Waals surface area contributed by atoms with Gasteiger partial charge in [0.2, 0.25) is 0 Å². The molecular weight excluding hydrogens is 232 g/mol. The van der Waals surface area contributed by atoms with E-state index in [9.17, 15) is 9.59 Å². The predicted molar refractivity (Wildman–Crippen MR) is 70.0 cm³/mol. The Labute approximate surface area is 106 Å². The normalized spacial score (nSPS) is 11.9. The lowest BCUT2D eigenvalue weighted by molar-refractivity contribution is 0.0695. The van der Waals surface area contributed by atoms with Gasteiger partial charge in [-0.05, 0) is 38.0 Å². The van der Waals surface area contributed by atoms with Crippen LogP contribution in [0.25, 0.3) is 0 Å². The van der Waals surface area contributed by atoms with E-state index in [0.717, 1.165) is 6.42 Å². The molecule has 1 atom stereocenters. The summed E-state index contributed by atoms with van der Waals surface area (Å²) >= 11 is 0. The molecule has 5 nitrogen and oxygen atoms in total. The van der Waals surface area contributed by atoms with E-state index >= 15 is 0 Å². The molecule has 1 aromatic rings. The molecule has 4 N–H and O–H groups in total. The minimum absolute atomic E-state index is 0.132. The van der Waals surface area contributed by atoms with E-state index in [1.807, 2.05) is 13.8 Å². The summed E-state index contributed by atoms with van der Waals surface area (Å²) in [5, 5.41) is 12.2. The van der Waals surface area contributed by atoms with Crippen LogP contribution in [0.15, 0.2) is 12.1 Å². The SMILES string of the molecule is CC[C@H](C)Nc1cc(C(=O)O)c(C)cc1C(N)=O. The number of hydrogen-bond acceptors (Lipinski definition) is 3. The number of carbonyl (C=O) groups is 2. The van der Waals surface area contributed by atoms with Gasteiger partial charge in [-0.1, -0.05) is 6.92 Å². The molecule has 0 aromatic heterocycles. The van der Waals surface area contributed by atoms with Gasteiger partial charge in [-0.3, -0.25) is 4.79 Å². The maximum absolute atomic E-state index is 11.4. The first-order valence-corrected chi connectivity index (χ1v) is 5.81. The number of nitrogens with two attached hydrogens (primary N) is 1. The van der Waals surface area contributed by atoms with Gasteiger partial charge < -0.3 is 16.2 Å². The highest BCUT2D eigenvalue weighted by Crippen LogP contribution is 2.22. The molecule has 0 bridgehead atoms. The van der Waals surface area contributed by atoms with Crippen LogP contribution in [0.1, 0.15) is 46.5 Å². The number of amides is 1. The molecule has 0 radical (unpaired) electrons. The second-order valence-electron chi connectivity index (χ2n) is 4.34. The summed E-state index contributed by atoms with van der Waals surface area (Å²) in [4.78, 5) is 22.4. The van der Waals surface area contributed by atoms with E-state index in [0.29, 0.717) is 16.8 Å². The minimum Gasteiger partial charge on any atom is -0.478 e. The van der Waals surface area contributed by atoms with Crippen molar-refractivity contribution in [2.75, 3.05) is 5.32 Å². The van der Waals surface area contributed by atoms with Gasteiger partial charge in [0, 0.05) is 11.7 Å². The number of aryl methyl sites for hydroxylation is 1. The van der Waals surface area contributed by atoms with Crippen LogP contribution in [0, 0.1) is 6.92 Å². The van der Waals surface area contributed by atoms with Crippen molar-refractivity contribution in [3.05, 3.63) is 28.8 Å². The summed E-state index contributed by atoms with van der Waals surface area (Å²) in [6.07, 6.45) is 0.856. The second-order valence-corrected chi connectivity index (χ2v) is 4.34. The lowest BCUT2D eigenvalue weighted by Gasteiger charge is -2.17. The highest BCUT2D eigenvalue weighted by atomic mass is 16.4. The summed E-state index contributed by atoms with van der Waals surface area (Å²) in [5.74, 6) is -1.59. The number of carboxylic acid groups (broad SMARTS) is 1. The average molecular weight is 250 g/mol. The summed E-state index contributed by atoms with van der Waals surface area (Å²) in [5.41, 5.74) is 6.78. The third-order valence-corrected chi connectivity index (χ3v) is 2.87. The van der Waals surface area contributed by atoms with Crippen LogP contribution >= 0.6 is 0 Å². The van der Waals surface area contributed by atoms with Gasteiger partial charge in [0.25, 0.3) is 5.91 Å². The van der Waals surface area contributed by atoms with E-state index in [-0.39, 0.29) is 11.6 Å². The Balaban J connectivity index is 3.30. The van der Waals surface area contributed by atoms with Gasteiger partial charge in [-0.2, -0.15) is 0 Å². The molecule has 0 aliphatic rings. The number of carboxylic acids is 1. The van der Waals surface area contributed by atoms with E-state index in [4.69, 9.17) is 10.8 Å². The Morgan fingerprint density at radius 1 is 1.39 bits per heavy atom. The monoisotopic (exact) mass is 250 g/mol. The number of anilines is 1. The molecule has 0 saturated carbocycles. The maximum atomic E-state index is 11.4. The van der Waals surface area contributed by atoms with Crippen LogP contribution in [-0.2, 0) is 0 Å². The molecule has 0 aliphatic carbocycles. The zero-order valence-electron chi connectivity index (χ0n) is 10.8. The molecule has 0 heterocycles. The lowest BCUT2D eigenvalue weighted by Crippen LogP contribution is -2.20. The summed E-state index contributed by atoms with van der Waals surface area (Å²) in [7, 11) is 0. The average Bonchev–Trinajstić information content (AvgIpc) is 2.29. The minimum atomic E-state index is -1.02. The van der Waals surface area contributed by atoms with Crippen LogP contribution in [-0.4, -0.2) is 23.0 Å². The second kappa shape index (κ2) is 5.53. The highest BCUT2D eigenvalue weighted by molar-refractivity contribution is 6.01. The molecule has 1 rings (SSSR count). The van der Waals surface area contributed by atoms with Crippen LogP contribution in [0.2, 0.25) is 0 Å². The fourth-order valence-electron chi connectivity index (χ4n) is 1.63. The predicted octanol–water partition coefficient (Wildman–Crippen LogP) is 2.00. The topological polar surface area (TPSA) is 92.4 Å². The largest absolute Gasteiger partial charge is 0.478 e. The molecule has 0 unspecified atom stereocenters. The first-order valence-electron chi connectivity index (χ1n) is 5.81. The van der Waals surface area contributed by atoms with Crippen LogP contribution < -0.4 is 11.1 Å². The zero-order valence-corrected chi connectivity index (χ0v) is 10.8. The van der Waals surface area contributed by atoms with Crippen molar-refractivity contribution in [1.82, 2.24) is 0 Å². The van der Waals surface area contributed by atoms with Crippen LogP contribution in [0.4, 0.5) is 5.69 Å². The lowest BCUT2D eigenvalue weighted by atomic mass is 10.0.